The molecule has 0 aliphatic heterocycles. The van der Waals surface area contributed by atoms with Crippen molar-refractivity contribution in [3.8, 4) is 0 Å². The smallest absolute Gasteiger partial charge is 0.256 e. The average Bonchev–Trinajstić information content (AvgIpc) is 2.56. The molecule has 0 spiro atoms. The lowest BCUT2D eigenvalue weighted by molar-refractivity contribution is -0.119. The zero-order chi connectivity index (χ0) is 18.4. The van der Waals surface area contributed by atoms with Gasteiger partial charge in [-0.05, 0) is 50.6 Å². The predicted molar refractivity (Wildman–Crippen MR) is 99.5 cm³/mol. The third kappa shape index (κ3) is 5.60. The molecule has 2 amide bonds. The van der Waals surface area contributed by atoms with Gasteiger partial charge in [0.1, 0.15) is 5.82 Å². The van der Waals surface area contributed by atoms with Gasteiger partial charge in [0.2, 0.25) is 5.91 Å². The van der Waals surface area contributed by atoms with Gasteiger partial charge in [0, 0.05) is 10.9 Å². The first-order valence-corrected chi connectivity index (χ1v) is 8.94. The van der Waals surface area contributed by atoms with Crippen LogP contribution in [-0.2, 0) is 4.79 Å². The molecule has 2 N–H and O–H groups in total. The topological polar surface area (TPSA) is 58.2 Å². The Labute approximate surface area is 151 Å². The summed E-state index contributed by atoms with van der Waals surface area (Å²) in [7, 11) is 0. The molecule has 0 bridgehead atoms. The second kappa shape index (κ2) is 8.67. The minimum Gasteiger partial charge on any atom is -0.353 e. The van der Waals surface area contributed by atoms with Crippen molar-refractivity contribution >= 4 is 29.3 Å². The Morgan fingerprint density at radius 1 is 1.16 bits per heavy atom. The second-order valence-corrected chi connectivity index (χ2v) is 6.96. The molecule has 0 unspecified atom stereocenters. The molecule has 0 fully saturated rings. The summed E-state index contributed by atoms with van der Waals surface area (Å²) >= 11 is 1.28. The maximum atomic E-state index is 13.8. The maximum absolute atomic E-state index is 13.8. The molecule has 0 saturated carbocycles. The van der Waals surface area contributed by atoms with Crippen molar-refractivity contribution < 1.29 is 14.0 Å². The van der Waals surface area contributed by atoms with E-state index in [1.165, 1.54) is 17.8 Å². The number of carbonyl (C=O) groups is 2. The zero-order valence-corrected chi connectivity index (χ0v) is 15.2. The van der Waals surface area contributed by atoms with E-state index in [2.05, 4.69) is 10.6 Å². The Kier molecular flexibility index (Phi) is 6.58. The Hall–Kier alpha value is -2.34. The molecule has 0 radical (unpaired) electrons. The van der Waals surface area contributed by atoms with Crippen LogP contribution in [0.2, 0.25) is 0 Å². The Balaban J connectivity index is 2.12. The van der Waals surface area contributed by atoms with Gasteiger partial charge in [-0.25, -0.2) is 4.39 Å². The number of hydrogen-bond donors (Lipinski definition) is 2. The van der Waals surface area contributed by atoms with Crippen LogP contribution in [0.25, 0.3) is 0 Å². The highest BCUT2D eigenvalue weighted by Crippen LogP contribution is 2.24. The number of aryl methyl sites for hydroxylation is 1. The number of benzene rings is 2. The molecule has 0 heterocycles. The Morgan fingerprint density at radius 2 is 1.88 bits per heavy atom. The minimum absolute atomic E-state index is 0.0657. The van der Waals surface area contributed by atoms with Gasteiger partial charge < -0.3 is 10.6 Å². The van der Waals surface area contributed by atoms with Crippen molar-refractivity contribution in [2.75, 3.05) is 11.1 Å². The van der Waals surface area contributed by atoms with Crippen LogP contribution in [0.15, 0.2) is 47.4 Å². The number of amides is 2. The van der Waals surface area contributed by atoms with Crippen molar-refractivity contribution in [2.45, 2.75) is 31.7 Å². The van der Waals surface area contributed by atoms with E-state index in [9.17, 15) is 14.0 Å². The zero-order valence-electron chi connectivity index (χ0n) is 14.4. The van der Waals surface area contributed by atoms with E-state index in [0.717, 1.165) is 5.56 Å². The first kappa shape index (κ1) is 19.0. The number of nitrogens with one attached hydrogen (secondary N) is 2. The standard InChI is InChI=1S/C19H21FN2O2S/c1-12(2)21-18(23)11-25-17-7-5-4-6-14(17)19(24)22-16-10-13(3)8-9-15(16)20/h4-10,12H,11H2,1-3H3,(H,21,23)(H,22,24). The molecule has 25 heavy (non-hydrogen) atoms. The Morgan fingerprint density at radius 3 is 2.60 bits per heavy atom. The van der Waals surface area contributed by atoms with Crippen LogP contribution in [0.3, 0.4) is 0 Å². The third-order valence-electron chi connectivity index (χ3n) is 3.31. The van der Waals surface area contributed by atoms with Crippen molar-refractivity contribution in [2.24, 2.45) is 0 Å². The summed E-state index contributed by atoms with van der Waals surface area (Å²) in [4.78, 5) is 25.0. The van der Waals surface area contributed by atoms with Gasteiger partial charge in [0.15, 0.2) is 0 Å². The van der Waals surface area contributed by atoms with Crippen LogP contribution >= 0.6 is 11.8 Å². The summed E-state index contributed by atoms with van der Waals surface area (Å²) in [5, 5.41) is 5.41. The van der Waals surface area contributed by atoms with Crippen LogP contribution in [0.1, 0.15) is 29.8 Å². The number of rotatable bonds is 6. The molecular formula is C19H21FN2O2S. The molecule has 0 atom stereocenters. The van der Waals surface area contributed by atoms with Crippen LogP contribution in [-0.4, -0.2) is 23.6 Å². The maximum Gasteiger partial charge on any atom is 0.256 e. The van der Waals surface area contributed by atoms with Gasteiger partial charge in [-0.3, -0.25) is 9.59 Å². The number of anilines is 1. The molecule has 0 aromatic heterocycles. The predicted octanol–water partition coefficient (Wildman–Crippen LogP) is 4.00. The van der Waals surface area contributed by atoms with Crippen LogP contribution in [0, 0.1) is 12.7 Å². The summed E-state index contributed by atoms with van der Waals surface area (Å²) in [6.07, 6.45) is 0. The van der Waals surface area contributed by atoms with E-state index in [-0.39, 0.29) is 23.4 Å². The van der Waals surface area contributed by atoms with Gasteiger partial charge in [-0.2, -0.15) is 0 Å². The number of thioether (sulfide) groups is 1. The van der Waals surface area contributed by atoms with Crippen molar-refractivity contribution in [3.63, 3.8) is 0 Å². The third-order valence-corrected chi connectivity index (χ3v) is 4.38. The van der Waals surface area contributed by atoms with E-state index in [1.807, 2.05) is 20.8 Å². The largest absolute Gasteiger partial charge is 0.353 e. The van der Waals surface area contributed by atoms with Crippen molar-refractivity contribution in [1.82, 2.24) is 5.32 Å². The fourth-order valence-electron chi connectivity index (χ4n) is 2.21. The summed E-state index contributed by atoms with van der Waals surface area (Å²) in [5.74, 6) is -0.779. The second-order valence-electron chi connectivity index (χ2n) is 5.94. The summed E-state index contributed by atoms with van der Waals surface area (Å²) in [6.45, 7) is 5.60. The van der Waals surface area contributed by atoms with E-state index < -0.39 is 11.7 Å². The first-order valence-electron chi connectivity index (χ1n) is 7.95. The molecular weight excluding hydrogens is 339 g/mol. The first-order chi connectivity index (χ1) is 11.9. The van der Waals surface area contributed by atoms with Gasteiger partial charge in [0.05, 0.1) is 17.0 Å². The molecule has 0 saturated heterocycles. The van der Waals surface area contributed by atoms with Gasteiger partial charge in [-0.15, -0.1) is 11.8 Å². The summed E-state index contributed by atoms with van der Waals surface area (Å²) < 4.78 is 13.8. The average molecular weight is 360 g/mol. The van der Waals surface area contributed by atoms with Gasteiger partial charge in [0.25, 0.3) is 5.91 Å². The Bertz CT molecular complexity index is 778. The molecule has 4 nitrogen and oxygen atoms in total. The van der Waals surface area contributed by atoms with Gasteiger partial charge in [-0.1, -0.05) is 18.2 Å². The molecule has 6 heteroatoms. The van der Waals surface area contributed by atoms with Gasteiger partial charge >= 0.3 is 0 Å². The molecule has 2 aromatic rings. The van der Waals surface area contributed by atoms with Crippen molar-refractivity contribution in [3.05, 3.63) is 59.4 Å². The minimum atomic E-state index is -0.486. The normalized spacial score (nSPS) is 10.6. The monoisotopic (exact) mass is 360 g/mol. The van der Waals surface area contributed by atoms with Crippen LogP contribution < -0.4 is 10.6 Å². The lowest BCUT2D eigenvalue weighted by Crippen LogP contribution is -2.31. The van der Waals surface area contributed by atoms with Crippen LogP contribution in [0.4, 0.5) is 10.1 Å². The molecule has 0 aliphatic rings. The molecule has 2 rings (SSSR count). The number of carbonyl (C=O) groups excluding carboxylic acids is 2. The fourth-order valence-corrected chi connectivity index (χ4v) is 3.07. The molecule has 2 aromatic carbocycles. The quantitative estimate of drug-likeness (QED) is 0.766. The highest BCUT2D eigenvalue weighted by atomic mass is 32.2. The van der Waals surface area contributed by atoms with E-state index in [1.54, 1.807) is 36.4 Å². The van der Waals surface area contributed by atoms with E-state index >= 15 is 0 Å². The number of halogens is 1. The van der Waals surface area contributed by atoms with E-state index in [0.29, 0.717) is 10.5 Å². The lowest BCUT2D eigenvalue weighted by Gasteiger charge is -2.12. The lowest BCUT2D eigenvalue weighted by atomic mass is 10.2. The SMILES string of the molecule is Cc1ccc(F)c(NC(=O)c2ccccc2SCC(=O)NC(C)C)c1. The van der Waals surface area contributed by atoms with Crippen molar-refractivity contribution in [1.29, 1.82) is 0 Å². The molecule has 0 aliphatic carbocycles. The highest BCUT2D eigenvalue weighted by Gasteiger charge is 2.15. The summed E-state index contributed by atoms with van der Waals surface area (Å²) in [6, 6.07) is 11.6. The fraction of sp³-hybridized carbons (Fsp3) is 0.263. The number of hydrogen-bond acceptors (Lipinski definition) is 3. The highest BCUT2D eigenvalue weighted by molar-refractivity contribution is 8.00. The van der Waals surface area contributed by atoms with E-state index in [4.69, 9.17) is 0 Å². The van der Waals surface area contributed by atoms with Crippen LogP contribution in [0.5, 0.6) is 0 Å². The molecule has 132 valence electrons. The summed E-state index contributed by atoms with van der Waals surface area (Å²) in [5.41, 5.74) is 1.40.